The van der Waals surface area contributed by atoms with Crippen molar-refractivity contribution in [1.29, 1.82) is 0 Å². The van der Waals surface area contributed by atoms with E-state index in [1.54, 1.807) is 12.4 Å². The molecule has 1 aliphatic rings. The van der Waals surface area contributed by atoms with Crippen LogP contribution in [0.5, 0.6) is 5.75 Å². The largest absolute Gasteiger partial charge is 0.490 e. The summed E-state index contributed by atoms with van der Waals surface area (Å²) < 4.78 is 6.14. The molecule has 2 heterocycles. The van der Waals surface area contributed by atoms with E-state index in [2.05, 4.69) is 29.8 Å². The molecule has 0 spiro atoms. The highest BCUT2D eigenvalue weighted by Gasteiger charge is 2.22. The van der Waals surface area contributed by atoms with Crippen LogP contribution in [-0.4, -0.2) is 35.1 Å². The van der Waals surface area contributed by atoms with Crippen molar-refractivity contribution in [2.45, 2.75) is 38.8 Å². The highest BCUT2D eigenvalue weighted by Crippen LogP contribution is 2.30. The van der Waals surface area contributed by atoms with Crippen molar-refractivity contribution in [3.05, 3.63) is 35.6 Å². The lowest BCUT2D eigenvalue weighted by Gasteiger charge is -2.34. The molecule has 2 aromatic rings. The van der Waals surface area contributed by atoms with Crippen LogP contribution in [0.25, 0.3) is 10.8 Å². The number of hydrogen-bond donors (Lipinski definition) is 0. The van der Waals surface area contributed by atoms with Crippen molar-refractivity contribution < 1.29 is 4.74 Å². The van der Waals surface area contributed by atoms with Gasteiger partial charge < -0.3 is 9.64 Å². The van der Waals surface area contributed by atoms with Crippen LogP contribution < -0.4 is 4.74 Å². The number of fused-ring (bicyclic) bond motifs is 1. The number of benzene rings is 1. The van der Waals surface area contributed by atoms with E-state index < -0.39 is 0 Å². The standard InChI is InChI=1S/C17H21ClN2O.ClH/c1-12(2)20-7-4-14(5-8-20)21-15-9-13-3-6-19-11-16(13)17(18)10-15;/h3,6,9-12,14H,4-5,7-8H2,1-2H3;1H. The Hall–Kier alpha value is -1.03. The highest BCUT2D eigenvalue weighted by atomic mass is 35.5. The minimum atomic E-state index is 0. The van der Waals surface area contributed by atoms with E-state index in [0.717, 1.165) is 42.5 Å². The fourth-order valence-electron chi connectivity index (χ4n) is 2.90. The second-order valence-electron chi connectivity index (χ2n) is 5.95. The van der Waals surface area contributed by atoms with Crippen LogP contribution in [0.3, 0.4) is 0 Å². The average molecular weight is 341 g/mol. The van der Waals surface area contributed by atoms with Crippen LogP contribution in [-0.2, 0) is 0 Å². The normalized spacial score (nSPS) is 16.7. The maximum absolute atomic E-state index is 6.32. The lowest BCUT2D eigenvalue weighted by Crippen LogP contribution is -2.41. The van der Waals surface area contributed by atoms with Crippen LogP contribution in [0, 0.1) is 0 Å². The van der Waals surface area contributed by atoms with Crippen molar-refractivity contribution in [3.8, 4) is 5.75 Å². The molecule has 0 N–H and O–H groups in total. The summed E-state index contributed by atoms with van der Waals surface area (Å²) in [5.41, 5.74) is 0. The van der Waals surface area contributed by atoms with Gasteiger partial charge in [0.1, 0.15) is 11.9 Å². The van der Waals surface area contributed by atoms with Gasteiger partial charge in [-0.15, -0.1) is 12.4 Å². The van der Waals surface area contributed by atoms with E-state index in [9.17, 15) is 0 Å². The lowest BCUT2D eigenvalue weighted by atomic mass is 10.1. The number of nitrogens with zero attached hydrogens (tertiary/aromatic N) is 2. The van der Waals surface area contributed by atoms with Gasteiger partial charge in [-0.2, -0.15) is 0 Å². The zero-order chi connectivity index (χ0) is 14.8. The second-order valence-corrected chi connectivity index (χ2v) is 6.36. The summed E-state index contributed by atoms with van der Waals surface area (Å²) in [6.07, 6.45) is 6.01. The SMILES string of the molecule is CC(C)N1CCC(Oc2cc(Cl)c3cnccc3c2)CC1.Cl. The lowest BCUT2D eigenvalue weighted by molar-refractivity contribution is 0.0844. The van der Waals surface area contributed by atoms with Gasteiger partial charge in [-0.1, -0.05) is 11.6 Å². The minimum Gasteiger partial charge on any atom is -0.490 e. The highest BCUT2D eigenvalue weighted by molar-refractivity contribution is 6.35. The van der Waals surface area contributed by atoms with E-state index in [-0.39, 0.29) is 18.5 Å². The Labute approximate surface area is 143 Å². The molecule has 0 bridgehead atoms. The Morgan fingerprint density at radius 2 is 2.00 bits per heavy atom. The maximum atomic E-state index is 6.32. The van der Waals surface area contributed by atoms with Gasteiger partial charge in [0.25, 0.3) is 0 Å². The van der Waals surface area contributed by atoms with Crippen molar-refractivity contribution >= 4 is 34.8 Å². The van der Waals surface area contributed by atoms with Crippen LogP contribution in [0.2, 0.25) is 5.02 Å². The van der Waals surface area contributed by atoms with Crippen molar-refractivity contribution in [1.82, 2.24) is 9.88 Å². The molecule has 3 nitrogen and oxygen atoms in total. The first-order chi connectivity index (χ1) is 10.1. The minimum absolute atomic E-state index is 0. The Kier molecular flexibility index (Phi) is 5.90. The topological polar surface area (TPSA) is 25.4 Å². The zero-order valence-corrected chi connectivity index (χ0v) is 14.5. The third-order valence-corrected chi connectivity index (χ3v) is 4.50. The molecule has 0 aliphatic carbocycles. The number of hydrogen-bond acceptors (Lipinski definition) is 3. The van der Waals surface area contributed by atoms with Crippen LogP contribution in [0.1, 0.15) is 26.7 Å². The van der Waals surface area contributed by atoms with Crippen molar-refractivity contribution in [2.24, 2.45) is 0 Å². The molecule has 3 rings (SSSR count). The molecule has 120 valence electrons. The predicted molar refractivity (Wildman–Crippen MR) is 94.4 cm³/mol. The van der Waals surface area contributed by atoms with E-state index >= 15 is 0 Å². The van der Waals surface area contributed by atoms with Gasteiger partial charge in [0.15, 0.2) is 0 Å². The van der Waals surface area contributed by atoms with Gasteiger partial charge in [0.2, 0.25) is 0 Å². The number of ether oxygens (including phenoxy) is 1. The number of likely N-dealkylation sites (tertiary alicyclic amines) is 1. The summed E-state index contributed by atoms with van der Waals surface area (Å²) in [6, 6.07) is 6.54. The molecular weight excluding hydrogens is 319 g/mol. The molecule has 0 saturated carbocycles. The van der Waals surface area contributed by atoms with Gasteiger partial charge in [-0.25, -0.2) is 0 Å². The fraction of sp³-hybridized carbons (Fsp3) is 0.471. The maximum Gasteiger partial charge on any atom is 0.121 e. The van der Waals surface area contributed by atoms with Crippen LogP contribution >= 0.6 is 24.0 Å². The van der Waals surface area contributed by atoms with E-state index in [4.69, 9.17) is 16.3 Å². The molecule has 0 atom stereocenters. The van der Waals surface area contributed by atoms with Crippen LogP contribution in [0.4, 0.5) is 0 Å². The molecular formula is C17H22Cl2N2O. The second kappa shape index (κ2) is 7.49. The number of aromatic nitrogens is 1. The first-order valence-corrected chi connectivity index (χ1v) is 7.95. The molecule has 1 fully saturated rings. The quantitative estimate of drug-likeness (QED) is 0.818. The number of rotatable bonds is 3. The van der Waals surface area contributed by atoms with Gasteiger partial charge in [0.05, 0.1) is 5.02 Å². The van der Waals surface area contributed by atoms with E-state index in [0.29, 0.717) is 11.1 Å². The average Bonchev–Trinajstić information content (AvgIpc) is 2.48. The third-order valence-electron chi connectivity index (χ3n) is 4.19. The summed E-state index contributed by atoms with van der Waals surface area (Å²) >= 11 is 6.32. The molecule has 5 heteroatoms. The molecule has 1 aromatic heterocycles. The Balaban J connectivity index is 0.00000176. The first kappa shape index (κ1) is 17.3. The van der Waals surface area contributed by atoms with E-state index in [1.807, 2.05) is 12.1 Å². The Bertz CT molecular complexity index is 625. The van der Waals surface area contributed by atoms with Gasteiger partial charge >= 0.3 is 0 Å². The van der Waals surface area contributed by atoms with Crippen molar-refractivity contribution in [3.63, 3.8) is 0 Å². The van der Waals surface area contributed by atoms with E-state index in [1.165, 1.54) is 0 Å². The molecule has 1 aromatic carbocycles. The van der Waals surface area contributed by atoms with Gasteiger partial charge in [0, 0.05) is 36.9 Å². The Morgan fingerprint density at radius 3 is 2.68 bits per heavy atom. The number of piperidine rings is 1. The fourth-order valence-corrected chi connectivity index (χ4v) is 3.16. The summed E-state index contributed by atoms with van der Waals surface area (Å²) in [6.45, 7) is 6.71. The molecule has 1 saturated heterocycles. The monoisotopic (exact) mass is 340 g/mol. The predicted octanol–water partition coefficient (Wildman–Crippen LogP) is 4.56. The number of pyridine rings is 1. The first-order valence-electron chi connectivity index (χ1n) is 7.57. The molecule has 0 unspecified atom stereocenters. The smallest absolute Gasteiger partial charge is 0.121 e. The zero-order valence-electron chi connectivity index (χ0n) is 13.0. The van der Waals surface area contributed by atoms with Gasteiger partial charge in [-0.05, 0) is 50.3 Å². The van der Waals surface area contributed by atoms with Crippen LogP contribution in [0.15, 0.2) is 30.6 Å². The third kappa shape index (κ3) is 3.83. The van der Waals surface area contributed by atoms with Gasteiger partial charge in [-0.3, -0.25) is 4.98 Å². The molecule has 22 heavy (non-hydrogen) atoms. The summed E-state index contributed by atoms with van der Waals surface area (Å²) in [4.78, 5) is 6.61. The molecule has 0 amide bonds. The summed E-state index contributed by atoms with van der Waals surface area (Å²) in [5, 5.41) is 2.75. The summed E-state index contributed by atoms with van der Waals surface area (Å²) in [5.74, 6) is 0.863. The summed E-state index contributed by atoms with van der Waals surface area (Å²) in [7, 11) is 0. The van der Waals surface area contributed by atoms with Crippen molar-refractivity contribution in [2.75, 3.05) is 13.1 Å². The molecule has 0 radical (unpaired) electrons. The number of halogens is 2. The Morgan fingerprint density at radius 1 is 1.27 bits per heavy atom. The molecule has 1 aliphatic heterocycles.